The standard InChI is InChI=1S/C13H11N/c1-3-5-11-7-8-12-6-4-9-14-13(12)10(11)2/h4,6-9H,1-2H3. The van der Waals surface area contributed by atoms with Crippen LogP contribution in [-0.2, 0) is 0 Å². The maximum atomic E-state index is 4.36. The minimum absolute atomic E-state index is 1.05. The number of aryl methyl sites for hydroxylation is 1. The summed E-state index contributed by atoms with van der Waals surface area (Å²) in [7, 11) is 0. The molecule has 1 nitrogen and oxygen atoms in total. The van der Waals surface area contributed by atoms with Crippen LogP contribution in [0.5, 0.6) is 0 Å². The van der Waals surface area contributed by atoms with Crippen molar-refractivity contribution < 1.29 is 0 Å². The van der Waals surface area contributed by atoms with E-state index in [0.29, 0.717) is 0 Å². The number of pyridine rings is 1. The normalized spacial score (nSPS) is 9.57. The van der Waals surface area contributed by atoms with Crippen molar-refractivity contribution in [2.24, 2.45) is 0 Å². The summed E-state index contributed by atoms with van der Waals surface area (Å²) in [6.07, 6.45) is 1.82. The summed E-state index contributed by atoms with van der Waals surface area (Å²) < 4.78 is 0. The Kier molecular flexibility index (Phi) is 2.20. The molecule has 2 rings (SSSR count). The lowest BCUT2D eigenvalue weighted by atomic mass is 10.0. The molecule has 68 valence electrons. The van der Waals surface area contributed by atoms with Gasteiger partial charge in [0, 0.05) is 17.1 Å². The second-order valence-electron chi connectivity index (χ2n) is 3.19. The Hall–Kier alpha value is -1.81. The van der Waals surface area contributed by atoms with Crippen LogP contribution in [0.4, 0.5) is 0 Å². The number of benzene rings is 1. The van der Waals surface area contributed by atoms with E-state index in [9.17, 15) is 0 Å². The zero-order valence-electron chi connectivity index (χ0n) is 8.33. The van der Waals surface area contributed by atoms with Gasteiger partial charge >= 0.3 is 0 Å². The molecule has 0 aliphatic rings. The molecule has 14 heavy (non-hydrogen) atoms. The number of fused-ring (bicyclic) bond motifs is 1. The molecule has 0 unspecified atom stereocenters. The third kappa shape index (κ3) is 1.36. The van der Waals surface area contributed by atoms with Crippen molar-refractivity contribution >= 4 is 10.9 Å². The Balaban J connectivity index is 2.79. The molecule has 2 aromatic rings. The summed E-state index contributed by atoms with van der Waals surface area (Å²) in [6, 6.07) is 8.14. The summed E-state index contributed by atoms with van der Waals surface area (Å²) in [5, 5.41) is 1.17. The van der Waals surface area contributed by atoms with Gasteiger partial charge in [-0.3, -0.25) is 4.98 Å². The molecular weight excluding hydrogens is 170 g/mol. The third-order valence-corrected chi connectivity index (χ3v) is 2.29. The Bertz CT molecular complexity index is 530. The average Bonchev–Trinajstić information content (AvgIpc) is 2.23. The van der Waals surface area contributed by atoms with Gasteiger partial charge in [-0.25, -0.2) is 0 Å². The second-order valence-corrected chi connectivity index (χ2v) is 3.19. The van der Waals surface area contributed by atoms with Gasteiger partial charge < -0.3 is 0 Å². The Morgan fingerprint density at radius 2 is 2.07 bits per heavy atom. The van der Waals surface area contributed by atoms with Crippen LogP contribution in [-0.4, -0.2) is 4.98 Å². The summed E-state index contributed by atoms with van der Waals surface area (Å²) in [6.45, 7) is 3.91. The Morgan fingerprint density at radius 1 is 1.21 bits per heavy atom. The molecule has 0 saturated heterocycles. The lowest BCUT2D eigenvalue weighted by Gasteiger charge is -2.02. The molecule has 1 aromatic heterocycles. The van der Waals surface area contributed by atoms with E-state index in [1.165, 1.54) is 5.39 Å². The van der Waals surface area contributed by atoms with E-state index >= 15 is 0 Å². The third-order valence-electron chi connectivity index (χ3n) is 2.29. The van der Waals surface area contributed by atoms with E-state index in [4.69, 9.17) is 0 Å². The molecule has 0 N–H and O–H groups in total. The lowest BCUT2D eigenvalue weighted by Crippen LogP contribution is -1.87. The van der Waals surface area contributed by atoms with Gasteiger partial charge in [0.15, 0.2) is 0 Å². The van der Waals surface area contributed by atoms with E-state index < -0.39 is 0 Å². The maximum Gasteiger partial charge on any atom is 0.0743 e. The molecule has 0 spiro atoms. The van der Waals surface area contributed by atoms with Gasteiger partial charge in [-0.05, 0) is 31.5 Å². The van der Waals surface area contributed by atoms with Crippen molar-refractivity contribution in [2.45, 2.75) is 13.8 Å². The molecule has 0 amide bonds. The molecule has 1 aromatic carbocycles. The van der Waals surface area contributed by atoms with Crippen molar-refractivity contribution in [1.82, 2.24) is 4.98 Å². The number of hydrogen-bond acceptors (Lipinski definition) is 1. The molecule has 0 radical (unpaired) electrons. The fourth-order valence-electron chi connectivity index (χ4n) is 1.56. The van der Waals surface area contributed by atoms with Gasteiger partial charge in [0.05, 0.1) is 5.52 Å². The van der Waals surface area contributed by atoms with Gasteiger partial charge in [-0.15, -0.1) is 5.92 Å². The SMILES string of the molecule is CC#Cc1ccc2cccnc2c1C. The molecule has 0 fully saturated rings. The summed E-state index contributed by atoms with van der Waals surface area (Å²) in [5.74, 6) is 5.99. The number of rotatable bonds is 0. The van der Waals surface area contributed by atoms with Crippen LogP contribution in [0.2, 0.25) is 0 Å². The van der Waals surface area contributed by atoms with Crippen LogP contribution in [0, 0.1) is 18.8 Å². The van der Waals surface area contributed by atoms with Gasteiger partial charge in [-0.2, -0.15) is 0 Å². The highest BCUT2D eigenvalue weighted by molar-refractivity contribution is 5.83. The highest BCUT2D eigenvalue weighted by atomic mass is 14.6. The minimum Gasteiger partial charge on any atom is -0.256 e. The number of nitrogens with zero attached hydrogens (tertiary/aromatic N) is 1. The smallest absolute Gasteiger partial charge is 0.0743 e. The van der Waals surface area contributed by atoms with Crippen LogP contribution in [0.15, 0.2) is 30.5 Å². The molecule has 1 heterocycles. The zero-order valence-corrected chi connectivity index (χ0v) is 8.33. The first-order valence-corrected chi connectivity index (χ1v) is 4.60. The van der Waals surface area contributed by atoms with Gasteiger partial charge in [0.25, 0.3) is 0 Å². The Morgan fingerprint density at radius 3 is 2.86 bits per heavy atom. The molecule has 0 aliphatic heterocycles. The maximum absolute atomic E-state index is 4.36. The number of hydrogen-bond donors (Lipinski definition) is 0. The van der Waals surface area contributed by atoms with E-state index in [1.54, 1.807) is 0 Å². The summed E-state index contributed by atoms with van der Waals surface area (Å²) in [4.78, 5) is 4.36. The molecule has 0 atom stereocenters. The predicted octanol–water partition coefficient (Wildman–Crippen LogP) is 2.91. The predicted molar refractivity (Wildman–Crippen MR) is 59.0 cm³/mol. The monoisotopic (exact) mass is 181 g/mol. The molecule has 0 aliphatic carbocycles. The Labute approximate surface area is 83.8 Å². The first-order chi connectivity index (χ1) is 6.83. The van der Waals surface area contributed by atoms with E-state index in [2.05, 4.69) is 41.9 Å². The quantitative estimate of drug-likeness (QED) is 0.569. The van der Waals surface area contributed by atoms with Gasteiger partial charge in [0.2, 0.25) is 0 Å². The fraction of sp³-hybridized carbons (Fsp3) is 0.154. The fourth-order valence-corrected chi connectivity index (χ4v) is 1.56. The van der Waals surface area contributed by atoms with Crippen LogP contribution in [0.3, 0.4) is 0 Å². The van der Waals surface area contributed by atoms with Crippen molar-refractivity contribution in [1.29, 1.82) is 0 Å². The summed E-state index contributed by atoms with van der Waals surface area (Å²) in [5.41, 5.74) is 3.28. The van der Waals surface area contributed by atoms with Crippen LogP contribution in [0.25, 0.3) is 10.9 Å². The summed E-state index contributed by atoms with van der Waals surface area (Å²) >= 11 is 0. The largest absolute Gasteiger partial charge is 0.256 e. The van der Waals surface area contributed by atoms with Crippen molar-refractivity contribution in [3.63, 3.8) is 0 Å². The van der Waals surface area contributed by atoms with Gasteiger partial charge in [0.1, 0.15) is 0 Å². The van der Waals surface area contributed by atoms with Crippen LogP contribution < -0.4 is 0 Å². The first-order valence-electron chi connectivity index (χ1n) is 4.60. The van der Waals surface area contributed by atoms with E-state index in [1.807, 2.05) is 19.2 Å². The highest BCUT2D eigenvalue weighted by Gasteiger charge is 2.01. The van der Waals surface area contributed by atoms with Crippen LogP contribution >= 0.6 is 0 Å². The lowest BCUT2D eigenvalue weighted by molar-refractivity contribution is 1.35. The zero-order chi connectivity index (χ0) is 9.97. The molecule has 1 heteroatoms. The molecule has 0 saturated carbocycles. The van der Waals surface area contributed by atoms with Crippen LogP contribution in [0.1, 0.15) is 18.1 Å². The topological polar surface area (TPSA) is 12.9 Å². The minimum atomic E-state index is 1.05. The van der Waals surface area contributed by atoms with E-state index in [0.717, 1.165) is 16.6 Å². The van der Waals surface area contributed by atoms with Crippen molar-refractivity contribution in [3.05, 3.63) is 41.6 Å². The first kappa shape index (κ1) is 8.77. The van der Waals surface area contributed by atoms with E-state index in [-0.39, 0.29) is 0 Å². The number of aromatic nitrogens is 1. The molecular formula is C13H11N. The van der Waals surface area contributed by atoms with Gasteiger partial charge in [-0.1, -0.05) is 18.1 Å². The highest BCUT2D eigenvalue weighted by Crippen LogP contribution is 2.18. The van der Waals surface area contributed by atoms with Crippen molar-refractivity contribution in [2.75, 3.05) is 0 Å². The van der Waals surface area contributed by atoms with Crippen molar-refractivity contribution in [3.8, 4) is 11.8 Å². The molecule has 0 bridgehead atoms. The second kappa shape index (κ2) is 3.51. The average molecular weight is 181 g/mol.